The molecule has 0 aliphatic heterocycles. The lowest BCUT2D eigenvalue weighted by Crippen LogP contribution is -2.20. The maximum atomic E-state index is 13.7. The number of thioether (sulfide) groups is 2. The molecule has 1 aromatic heterocycles. The lowest BCUT2D eigenvalue weighted by molar-refractivity contribution is -0.138. The van der Waals surface area contributed by atoms with Crippen LogP contribution in [0.15, 0.2) is 46.5 Å². The molecular formula is C26H26F6N8O3S2. The number of benzene rings is 2. The van der Waals surface area contributed by atoms with Gasteiger partial charge in [0.1, 0.15) is 17.7 Å². The van der Waals surface area contributed by atoms with E-state index >= 15 is 0 Å². The number of nitrogens with two attached hydrogens (primary N) is 3. The number of halogens is 6. The number of anilines is 4. The van der Waals surface area contributed by atoms with Gasteiger partial charge in [-0.3, -0.25) is 14.4 Å². The number of nitrogen functional groups attached to an aromatic ring is 1. The van der Waals surface area contributed by atoms with Gasteiger partial charge in [-0.25, -0.2) is 9.97 Å². The maximum absolute atomic E-state index is 13.7. The van der Waals surface area contributed by atoms with E-state index in [-0.39, 0.29) is 57.1 Å². The van der Waals surface area contributed by atoms with Crippen LogP contribution in [0, 0.1) is 0 Å². The van der Waals surface area contributed by atoms with Crippen LogP contribution in [0.2, 0.25) is 0 Å². The summed E-state index contributed by atoms with van der Waals surface area (Å²) in [6.07, 6.45) is -8.82. The topological polar surface area (TPSA) is 191 Å². The summed E-state index contributed by atoms with van der Waals surface area (Å²) in [5, 5.41) is 6.93. The van der Waals surface area contributed by atoms with Gasteiger partial charge in [-0.2, -0.15) is 26.3 Å². The van der Waals surface area contributed by atoms with Gasteiger partial charge in [-0.15, -0.1) is 23.5 Å². The van der Waals surface area contributed by atoms with Crippen LogP contribution in [-0.2, 0) is 17.1 Å². The summed E-state index contributed by atoms with van der Waals surface area (Å²) in [4.78, 5) is 45.6. The van der Waals surface area contributed by atoms with Crippen LogP contribution in [0.4, 0.5) is 49.1 Å². The zero-order chi connectivity index (χ0) is 33.5. The Morgan fingerprint density at radius 2 is 1.13 bits per heavy atom. The van der Waals surface area contributed by atoms with Crippen molar-refractivity contribution >= 4 is 64.0 Å². The molecule has 11 nitrogen and oxygen atoms in total. The molecule has 2 aromatic carbocycles. The van der Waals surface area contributed by atoms with E-state index in [4.69, 9.17) is 17.2 Å². The third-order valence-corrected chi connectivity index (χ3v) is 7.88. The Morgan fingerprint density at radius 3 is 1.58 bits per heavy atom. The highest BCUT2D eigenvalue weighted by atomic mass is 32.2. The van der Waals surface area contributed by atoms with Gasteiger partial charge in [0.25, 0.3) is 11.8 Å². The summed E-state index contributed by atoms with van der Waals surface area (Å²) >= 11 is 1.98. The lowest BCUT2D eigenvalue weighted by atomic mass is 10.1. The number of nitrogens with zero attached hydrogens (tertiary/aromatic N) is 2. The Morgan fingerprint density at radius 1 is 0.711 bits per heavy atom. The largest absolute Gasteiger partial charge is 0.416 e. The Kier molecular flexibility index (Phi) is 11.7. The number of nitrogens with one attached hydrogen (secondary N) is 3. The standard InChI is InChI=1S/C26H26F6N8O3S2/c1-12(41)38-17-8-14(26(30,31)32)9-18(22(17)45-5-3-34)40-24(43)20-10-19(36-11-37-20)23(42)39-16-7-13(25(27,28)29)6-15(35)21(16)44-4-2-33/h6-11H,2-5,33-35H2,1H3,(H,38,41)(H,39,42)(H,40,43). The fourth-order valence-electron chi connectivity index (χ4n) is 3.69. The molecule has 242 valence electrons. The minimum Gasteiger partial charge on any atom is -0.398 e. The molecule has 19 heteroatoms. The predicted molar refractivity (Wildman–Crippen MR) is 159 cm³/mol. The molecule has 1 heterocycles. The van der Waals surface area contributed by atoms with Gasteiger partial charge >= 0.3 is 12.4 Å². The molecule has 45 heavy (non-hydrogen) atoms. The van der Waals surface area contributed by atoms with Crippen molar-refractivity contribution < 1.29 is 40.7 Å². The highest BCUT2D eigenvalue weighted by Gasteiger charge is 2.34. The number of aromatic nitrogens is 2. The third-order valence-electron chi connectivity index (χ3n) is 5.53. The highest BCUT2D eigenvalue weighted by molar-refractivity contribution is 7.99. The zero-order valence-corrected chi connectivity index (χ0v) is 24.9. The predicted octanol–water partition coefficient (Wildman–Crippen LogP) is 4.66. The Hall–Kier alpha value is -4.07. The van der Waals surface area contributed by atoms with Gasteiger partial charge in [0.2, 0.25) is 5.91 Å². The van der Waals surface area contributed by atoms with Gasteiger partial charge in [-0.1, -0.05) is 0 Å². The number of carbonyl (C=O) groups excluding carboxylic acids is 3. The first kappa shape index (κ1) is 35.4. The number of carbonyl (C=O) groups is 3. The van der Waals surface area contributed by atoms with Crippen molar-refractivity contribution in [1.82, 2.24) is 9.97 Å². The molecule has 0 bridgehead atoms. The molecule has 3 rings (SSSR count). The van der Waals surface area contributed by atoms with E-state index in [1.54, 1.807) is 0 Å². The summed E-state index contributed by atoms with van der Waals surface area (Å²) in [5.41, 5.74) is 12.5. The van der Waals surface area contributed by atoms with Crippen LogP contribution >= 0.6 is 23.5 Å². The molecule has 9 N–H and O–H groups in total. The monoisotopic (exact) mass is 676 g/mol. The Bertz CT molecular complexity index is 1590. The summed E-state index contributed by atoms with van der Waals surface area (Å²) in [6, 6.07) is 3.66. The van der Waals surface area contributed by atoms with Crippen molar-refractivity contribution in [1.29, 1.82) is 0 Å². The minimum atomic E-state index is -4.85. The second kappa shape index (κ2) is 14.8. The fraction of sp³-hybridized carbons (Fsp3) is 0.269. The smallest absolute Gasteiger partial charge is 0.398 e. The van der Waals surface area contributed by atoms with E-state index in [1.165, 1.54) is 0 Å². The summed E-state index contributed by atoms with van der Waals surface area (Å²) in [7, 11) is 0. The van der Waals surface area contributed by atoms with Crippen molar-refractivity contribution in [3.05, 3.63) is 59.2 Å². The van der Waals surface area contributed by atoms with Gasteiger partial charge < -0.3 is 33.2 Å². The molecule has 0 radical (unpaired) electrons. The third kappa shape index (κ3) is 9.46. The quantitative estimate of drug-likeness (QED) is 0.0946. The summed E-state index contributed by atoms with van der Waals surface area (Å²) < 4.78 is 81.3. The van der Waals surface area contributed by atoms with Crippen LogP contribution in [0.5, 0.6) is 0 Å². The molecule has 0 saturated carbocycles. The molecule has 0 unspecified atom stereocenters. The van der Waals surface area contributed by atoms with Crippen LogP contribution in [0.3, 0.4) is 0 Å². The second-order valence-corrected chi connectivity index (χ2v) is 11.2. The van der Waals surface area contributed by atoms with Gasteiger partial charge in [0.05, 0.1) is 38.0 Å². The van der Waals surface area contributed by atoms with E-state index in [0.717, 1.165) is 42.8 Å². The van der Waals surface area contributed by atoms with E-state index in [0.29, 0.717) is 24.3 Å². The number of amides is 3. The molecule has 0 spiro atoms. The molecule has 0 aliphatic carbocycles. The molecular weight excluding hydrogens is 650 g/mol. The number of alkyl halides is 6. The maximum Gasteiger partial charge on any atom is 0.416 e. The molecule has 3 aromatic rings. The Labute approximate surface area is 260 Å². The first-order valence-electron chi connectivity index (χ1n) is 12.7. The van der Waals surface area contributed by atoms with Crippen molar-refractivity contribution in [2.45, 2.75) is 29.1 Å². The second-order valence-electron chi connectivity index (χ2n) is 8.99. The summed E-state index contributed by atoms with van der Waals surface area (Å²) in [5.74, 6) is -2.28. The van der Waals surface area contributed by atoms with Crippen molar-refractivity contribution in [3.8, 4) is 0 Å². The van der Waals surface area contributed by atoms with Crippen molar-refractivity contribution in [2.24, 2.45) is 11.5 Å². The molecule has 0 atom stereocenters. The van der Waals surface area contributed by atoms with E-state index < -0.39 is 52.6 Å². The van der Waals surface area contributed by atoms with Gasteiger partial charge in [0.15, 0.2) is 0 Å². The summed E-state index contributed by atoms with van der Waals surface area (Å²) in [6.45, 7) is 1.37. The normalized spacial score (nSPS) is 11.7. The van der Waals surface area contributed by atoms with E-state index in [9.17, 15) is 40.7 Å². The fourth-order valence-corrected chi connectivity index (χ4v) is 5.36. The highest BCUT2D eigenvalue weighted by Crippen LogP contribution is 2.42. The average Bonchev–Trinajstić information content (AvgIpc) is 2.94. The molecule has 3 amide bonds. The number of hydrogen-bond acceptors (Lipinski definition) is 10. The van der Waals surface area contributed by atoms with Crippen LogP contribution in [-0.4, -0.2) is 52.3 Å². The van der Waals surface area contributed by atoms with Crippen molar-refractivity contribution in [2.75, 3.05) is 46.3 Å². The average molecular weight is 677 g/mol. The lowest BCUT2D eigenvalue weighted by Gasteiger charge is -2.19. The molecule has 0 aliphatic rings. The van der Waals surface area contributed by atoms with Crippen LogP contribution in [0.25, 0.3) is 0 Å². The van der Waals surface area contributed by atoms with Gasteiger partial charge in [-0.05, 0) is 24.3 Å². The van der Waals surface area contributed by atoms with Crippen LogP contribution < -0.4 is 33.2 Å². The van der Waals surface area contributed by atoms with Gasteiger partial charge in [0, 0.05) is 43.3 Å². The van der Waals surface area contributed by atoms with Crippen molar-refractivity contribution in [3.63, 3.8) is 0 Å². The molecule has 0 fully saturated rings. The SMILES string of the molecule is CC(=O)Nc1cc(C(F)(F)F)cc(NC(=O)c2cc(C(=O)Nc3cc(C(F)(F)F)cc(N)c3SCCN)ncn2)c1SCCN. The number of rotatable bonds is 11. The minimum absolute atomic E-state index is 0.0775. The Balaban J connectivity index is 1.98. The first-order valence-corrected chi connectivity index (χ1v) is 14.7. The van der Waals surface area contributed by atoms with E-state index in [1.807, 2.05) is 0 Å². The molecule has 0 saturated heterocycles. The van der Waals surface area contributed by atoms with Crippen LogP contribution in [0.1, 0.15) is 39.0 Å². The van der Waals surface area contributed by atoms with E-state index in [2.05, 4.69) is 25.9 Å². The zero-order valence-electron chi connectivity index (χ0n) is 23.2. The first-order chi connectivity index (χ1) is 21.0. The number of hydrogen-bond donors (Lipinski definition) is 6.